The van der Waals surface area contributed by atoms with E-state index >= 15 is 0 Å². The predicted molar refractivity (Wildman–Crippen MR) is 97.6 cm³/mol. The molecule has 0 saturated carbocycles. The topological polar surface area (TPSA) is 110 Å². The van der Waals surface area contributed by atoms with E-state index in [9.17, 15) is 9.59 Å². The van der Waals surface area contributed by atoms with Gasteiger partial charge >= 0.3 is 6.01 Å². The fourth-order valence-corrected chi connectivity index (χ4v) is 2.55. The van der Waals surface area contributed by atoms with E-state index in [4.69, 9.17) is 8.83 Å². The molecule has 0 unspecified atom stereocenters. The summed E-state index contributed by atoms with van der Waals surface area (Å²) in [5.41, 5.74) is 2.30. The third-order valence-corrected chi connectivity index (χ3v) is 3.82. The van der Waals surface area contributed by atoms with Crippen LogP contribution in [0.3, 0.4) is 0 Å². The van der Waals surface area contributed by atoms with Gasteiger partial charge in [-0.25, -0.2) is 0 Å². The van der Waals surface area contributed by atoms with Gasteiger partial charge in [0.25, 0.3) is 11.8 Å². The SMILES string of the molecule is Cc1ccc2c(NC(=O)c3coc(NC(=O)c4ccco4)n3)cccc2n1. The van der Waals surface area contributed by atoms with Crippen LogP contribution in [0, 0.1) is 6.92 Å². The Kier molecular flexibility index (Phi) is 4.13. The van der Waals surface area contributed by atoms with Crippen LogP contribution < -0.4 is 10.6 Å². The van der Waals surface area contributed by atoms with Crippen molar-refractivity contribution in [2.24, 2.45) is 0 Å². The van der Waals surface area contributed by atoms with Gasteiger partial charge in [0, 0.05) is 11.1 Å². The van der Waals surface area contributed by atoms with Crippen molar-refractivity contribution in [1.82, 2.24) is 9.97 Å². The monoisotopic (exact) mass is 362 g/mol. The quantitative estimate of drug-likeness (QED) is 0.573. The van der Waals surface area contributed by atoms with Crippen molar-refractivity contribution in [2.45, 2.75) is 6.92 Å². The summed E-state index contributed by atoms with van der Waals surface area (Å²) in [6.07, 6.45) is 2.55. The van der Waals surface area contributed by atoms with Crippen LogP contribution in [-0.4, -0.2) is 21.8 Å². The number of aromatic nitrogens is 2. The lowest BCUT2D eigenvalue weighted by Crippen LogP contribution is -2.14. The molecule has 4 rings (SSSR count). The van der Waals surface area contributed by atoms with Gasteiger partial charge in [-0.05, 0) is 43.3 Å². The Balaban J connectivity index is 1.51. The van der Waals surface area contributed by atoms with Gasteiger partial charge in [-0.1, -0.05) is 6.07 Å². The average Bonchev–Trinajstić information content (AvgIpc) is 3.33. The average molecular weight is 362 g/mol. The van der Waals surface area contributed by atoms with Crippen LogP contribution in [-0.2, 0) is 0 Å². The van der Waals surface area contributed by atoms with Crippen molar-refractivity contribution in [2.75, 3.05) is 10.6 Å². The van der Waals surface area contributed by atoms with Crippen LogP contribution >= 0.6 is 0 Å². The summed E-state index contributed by atoms with van der Waals surface area (Å²) in [5.74, 6) is -0.882. The minimum Gasteiger partial charge on any atom is -0.459 e. The maximum atomic E-state index is 12.5. The van der Waals surface area contributed by atoms with E-state index in [0.29, 0.717) is 5.69 Å². The molecule has 0 aliphatic heterocycles. The van der Waals surface area contributed by atoms with E-state index in [0.717, 1.165) is 16.6 Å². The van der Waals surface area contributed by atoms with Gasteiger partial charge in [-0.2, -0.15) is 4.98 Å². The van der Waals surface area contributed by atoms with Crippen LogP contribution in [0.5, 0.6) is 0 Å². The normalized spacial score (nSPS) is 10.7. The first-order valence-electron chi connectivity index (χ1n) is 8.08. The minimum absolute atomic E-state index is 0.0295. The van der Waals surface area contributed by atoms with Gasteiger partial charge in [0.15, 0.2) is 11.5 Å². The molecule has 8 heteroatoms. The molecule has 27 heavy (non-hydrogen) atoms. The zero-order chi connectivity index (χ0) is 18.8. The Morgan fingerprint density at radius 2 is 1.81 bits per heavy atom. The highest BCUT2D eigenvalue weighted by molar-refractivity contribution is 6.08. The van der Waals surface area contributed by atoms with Gasteiger partial charge in [0.2, 0.25) is 0 Å². The Morgan fingerprint density at radius 1 is 0.926 bits per heavy atom. The minimum atomic E-state index is -0.524. The molecule has 0 aliphatic carbocycles. The molecular weight excluding hydrogens is 348 g/mol. The highest BCUT2D eigenvalue weighted by Crippen LogP contribution is 2.23. The van der Waals surface area contributed by atoms with Crippen LogP contribution in [0.2, 0.25) is 0 Å². The molecule has 2 N–H and O–H groups in total. The van der Waals surface area contributed by atoms with E-state index in [1.807, 2.05) is 31.2 Å². The lowest BCUT2D eigenvalue weighted by atomic mass is 10.1. The molecule has 4 aromatic rings. The van der Waals surface area contributed by atoms with Gasteiger partial charge in [0.05, 0.1) is 17.5 Å². The molecule has 0 bridgehead atoms. The van der Waals surface area contributed by atoms with E-state index in [1.165, 1.54) is 18.6 Å². The number of anilines is 2. The van der Waals surface area contributed by atoms with Crippen molar-refractivity contribution < 1.29 is 18.4 Å². The second-order valence-corrected chi connectivity index (χ2v) is 5.75. The van der Waals surface area contributed by atoms with Crippen LogP contribution in [0.15, 0.2) is 63.8 Å². The fraction of sp³-hybridized carbons (Fsp3) is 0.0526. The summed E-state index contributed by atoms with van der Waals surface area (Å²) in [5, 5.41) is 6.01. The van der Waals surface area contributed by atoms with Crippen LogP contribution in [0.4, 0.5) is 11.7 Å². The molecule has 0 atom stereocenters. The zero-order valence-corrected chi connectivity index (χ0v) is 14.2. The zero-order valence-electron chi connectivity index (χ0n) is 14.2. The summed E-state index contributed by atoms with van der Waals surface area (Å²) in [7, 11) is 0. The number of oxazole rings is 1. The van der Waals surface area contributed by atoms with E-state index < -0.39 is 11.8 Å². The third-order valence-electron chi connectivity index (χ3n) is 3.82. The van der Waals surface area contributed by atoms with Gasteiger partial charge in [-0.15, -0.1) is 0 Å². The number of aryl methyl sites for hydroxylation is 1. The Morgan fingerprint density at radius 3 is 2.63 bits per heavy atom. The molecule has 1 aromatic carbocycles. The number of fused-ring (bicyclic) bond motifs is 1. The number of carbonyl (C=O) groups is 2. The highest BCUT2D eigenvalue weighted by atomic mass is 16.4. The van der Waals surface area contributed by atoms with E-state index in [1.54, 1.807) is 12.1 Å². The van der Waals surface area contributed by atoms with Crippen molar-refractivity contribution in [3.8, 4) is 0 Å². The molecule has 3 heterocycles. The number of hydrogen-bond donors (Lipinski definition) is 2. The molecule has 0 aliphatic rings. The number of furan rings is 1. The molecule has 0 radical (unpaired) electrons. The smallest absolute Gasteiger partial charge is 0.302 e. The Bertz CT molecular complexity index is 1130. The lowest BCUT2D eigenvalue weighted by molar-refractivity contribution is 0.0990. The van der Waals surface area contributed by atoms with Crippen molar-refractivity contribution in [1.29, 1.82) is 0 Å². The molecule has 0 spiro atoms. The van der Waals surface area contributed by atoms with Crippen LogP contribution in [0.25, 0.3) is 10.9 Å². The molecule has 2 amide bonds. The number of benzene rings is 1. The maximum Gasteiger partial charge on any atom is 0.302 e. The summed E-state index contributed by atoms with van der Waals surface area (Å²) in [6, 6.07) is 12.2. The number of pyridine rings is 1. The molecule has 0 saturated heterocycles. The largest absolute Gasteiger partial charge is 0.459 e. The van der Waals surface area contributed by atoms with Crippen molar-refractivity contribution >= 4 is 34.4 Å². The summed E-state index contributed by atoms with van der Waals surface area (Å²) in [6.45, 7) is 1.90. The van der Waals surface area contributed by atoms with Gasteiger partial charge < -0.3 is 14.2 Å². The predicted octanol–water partition coefficient (Wildman–Crippen LogP) is 3.63. The first-order valence-corrected chi connectivity index (χ1v) is 8.08. The molecule has 8 nitrogen and oxygen atoms in total. The first-order chi connectivity index (χ1) is 13.1. The van der Waals surface area contributed by atoms with Gasteiger partial charge in [0.1, 0.15) is 6.26 Å². The number of nitrogens with zero attached hydrogens (tertiary/aromatic N) is 2. The Labute approximate surface area is 153 Å². The maximum absolute atomic E-state index is 12.5. The summed E-state index contributed by atoms with van der Waals surface area (Å²) in [4.78, 5) is 32.8. The first kappa shape index (κ1) is 16.5. The van der Waals surface area contributed by atoms with Crippen molar-refractivity contribution in [3.05, 3.63) is 72.1 Å². The standard InChI is InChI=1S/C19H14N4O4/c1-11-7-8-12-13(20-11)4-2-5-14(12)21-17(24)15-10-27-19(22-15)23-18(25)16-6-3-9-26-16/h2-10H,1H3,(H,21,24)(H,22,23,25). The third kappa shape index (κ3) is 3.40. The number of amides is 2. The lowest BCUT2D eigenvalue weighted by Gasteiger charge is -2.07. The molecule has 134 valence electrons. The molecular formula is C19H14N4O4. The van der Waals surface area contributed by atoms with E-state index in [2.05, 4.69) is 20.6 Å². The summed E-state index contributed by atoms with van der Waals surface area (Å²) < 4.78 is 10.1. The fourth-order valence-electron chi connectivity index (χ4n) is 2.55. The Hall–Kier alpha value is -3.94. The number of carbonyl (C=O) groups excluding carboxylic acids is 2. The second kappa shape index (κ2) is 6.75. The number of nitrogens with one attached hydrogen (secondary N) is 2. The van der Waals surface area contributed by atoms with Gasteiger partial charge in [-0.3, -0.25) is 19.9 Å². The summed E-state index contributed by atoms with van der Waals surface area (Å²) >= 11 is 0. The van der Waals surface area contributed by atoms with Crippen LogP contribution in [0.1, 0.15) is 26.7 Å². The van der Waals surface area contributed by atoms with E-state index in [-0.39, 0.29) is 17.5 Å². The molecule has 3 aromatic heterocycles. The van der Waals surface area contributed by atoms with Crippen molar-refractivity contribution in [3.63, 3.8) is 0 Å². The second-order valence-electron chi connectivity index (χ2n) is 5.75. The highest BCUT2D eigenvalue weighted by Gasteiger charge is 2.17. The number of hydrogen-bond acceptors (Lipinski definition) is 6. The molecule has 0 fully saturated rings. The number of rotatable bonds is 4.